The van der Waals surface area contributed by atoms with Gasteiger partial charge in [-0.2, -0.15) is 0 Å². The molecular formula is C15H23N5O. The van der Waals surface area contributed by atoms with Crippen molar-refractivity contribution in [1.82, 2.24) is 25.5 Å². The van der Waals surface area contributed by atoms with E-state index in [4.69, 9.17) is 4.74 Å². The first-order chi connectivity index (χ1) is 10.1. The van der Waals surface area contributed by atoms with Crippen molar-refractivity contribution in [1.29, 1.82) is 0 Å². The normalized spacial score (nSPS) is 14.1. The minimum absolute atomic E-state index is 0.0709. The molecule has 2 atom stereocenters. The number of nitrogens with one attached hydrogen (secondary N) is 1. The van der Waals surface area contributed by atoms with Gasteiger partial charge in [0.2, 0.25) is 0 Å². The Morgan fingerprint density at radius 3 is 2.76 bits per heavy atom. The quantitative estimate of drug-likeness (QED) is 0.789. The molecule has 1 aromatic carbocycles. The summed E-state index contributed by atoms with van der Waals surface area (Å²) in [6.07, 6.45) is 0. The maximum atomic E-state index is 5.05. The third-order valence-electron chi connectivity index (χ3n) is 3.67. The van der Waals surface area contributed by atoms with Gasteiger partial charge in [0.05, 0.1) is 18.7 Å². The molecule has 6 nitrogen and oxygen atoms in total. The van der Waals surface area contributed by atoms with E-state index in [1.807, 2.05) is 16.8 Å². The summed E-state index contributed by atoms with van der Waals surface area (Å²) in [7, 11) is 1.69. The van der Waals surface area contributed by atoms with Crippen LogP contribution in [0.1, 0.15) is 42.9 Å². The molecule has 2 rings (SSSR count). The number of methoxy groups -OCH3 is 1. The highest BCUT2D eigenvalue weighted by atomic mass is 16.5. The number of rotatable bonds is 7. The number of aryl methyl sites for hydroxylation is 1. The summed E-state index contributed by atoms with van der Waals surface area (Å²) in [6.45, 7) is 7.71. The lowest BCUT2D eigenvalue weighted by molar-refractivity contribution is 0.195. The van der Waals surface area contributed by atoms with Crippen LogP contribution in [0.3, 0.4) is 0 Å². The highest BCUT2D eigenvalue weighted by Gasteiger charge is 2.20. The van der Waals surface area contributed by atoms with Crippen molar-refractivity contribution in [2.45, 2.75) is 32.9 Å². The molecular weight excluding hydrogens is 266 g/mol. The molecule has 114 valence electrons. The van der Waals surface area contributed by atoms with Crippen LogP contribution in [0.5, 0.6) is 0 Å². The number of ether oxygens (including phenoxy) is 1. The van der Waals surface area contributed by atoms with Gasteiger partial charge in [-0.15, -0.1) is 5.10 Å². The summed E-state index contributed by atoms with van der Waals surface area (Å²) in [6, 6.07) is 8.49. The van der Waals surface area contributed by atoms with Gasteiger partial charge in [-0.3, -0.25) is 0 Å². The number of nitrogens with zero attached hydrogens (tertiary/aromatic N) is 4. The molecule has 6 heteroatoms. The zero-order chi connectivity index (χ0) is 15.2. The molecule has 1 heterocycles. The van der Waals surface area contributed by atoms with Gasteiger partial charge in [-0.1, -0.05) is 24.3 Å². The Kier molecular flexibility index (Phi) is 5.41. The Morgan fingerprint density at radius 1 is 1.29 bits per heavy atom. The van der Waals surface area contributed by atoms with Crippen molar-refractivity contribution < 1.29 is 4.74 Å². The van der Waals surface area contributed by atoms with Crippen LogP contribution in [-0.2, 0) is 4.74 Å². The molecule has 1 N–H and O–H groups in total. The molecule has 0 saturated carbocycles. The van der Waals surface area contributed by atoms with Gasteiger partial charge < -0.3 is 10.1 Å². The zero-order valence-electron chi connectivity index (χ0n) is 13.1. The number of hydrogen-bond donors (Lipinski definition) is 1. The maximum Gasteiger partial charge on any atom is 0.168 e. The lowest BCUT2D eigenvalue weighted by Gasteiger charge is -2.19. The average molecular weight is 289 g/mol. The monoisotopic (exact) mass is 289 g/mol. The second-order valence-electron chi connectivity index (χ2n) is 5.18. The lowest BCUT2D eigenvalue weighted by Crippen LogP contribution is -2.27. The van der Waals surface area contributed by atoms with Gasteiger partial charge in [-0.05, 0) is 42.3 Å². The van der Waals surface area contributed by atoms with Crippen LogP contribution >= 0.6 is 0 Å². The largest absolute Gasteiger partial charge is 0.383 e. The van der Waals surface area contributed by atoms with E-state index in [9.17, 15) is 0 Å². The van der Waals surface area contributed by atoms with Gasteiger partial charge >= 0.3 is 0 Å². The van der Waals surface area contributed by atoms with E-state index in [0.717, 1.165) is 12.4 Å². The van der Waals surface area contributed by atoms with Crippen molar-refractivity contribution in [3.05, 3.63) is 41.2 Å². The Balaban J connectivity index is 2.18. The van der Waals surface area contributed by atoms with Crippen LogP contribution in [0.2, 0.25) is 0 Å². The lowest BCUT2D eigenvalue weighted by atomic mass is 10.0. The minimum atomic E-state index is 0.0709. The van der Waals surface area contributed by atoms with E-state index < -0.39 is 0 Å². The van der Waals surface area contributed by atoms with E-state index in [1.165, 1.54) is 11.1 Å². The first-order valence-electron chi connectivity index (χ1n) is 7.20. The van der Waals surface area contributed by atoms with E-state index in [1.54, 1.807) is 7.11 Å². The topological polar surface area (TPSA) is 64.9 Å². The van der Waals surface area contributed by atoms with Gasteiger partial charge in [0.1, 0.15) is 0 Å². The predicted octanol–water partition coefficient (Wildman–Crippen LogP) is 1.89. The molecule has 0 aliphatic rings. The third kappa shape index (κ3) is 3.65. The molecule has 0 radical (unpaired) electrons. The SMILES string of the molecule is COCCNC(C)c1nnnn1C(C)c1ccccc1C. The van der Waals surface area contributed by atoms with E-state index in [0.29, 0.717) is 6.61 Å². The summed E-state index contributed by atoms with van der Waals surface area (Å²) in [5.41, 5.74) is 2.47. The summed E-state index contributed by atoms with van der Waals surface area (Å²) < 4.78 is 6.93. The van der Waals surface area contributed by atoms with Crippen molar-refractivity contribution in [2.75, 3.05) is 20.3 Å². The molecule has 0 amide bonds. The van der Waals surface area contributed by atoms with Crippen LogP contribution in [0, 0.1) is 6.92 Å². The number of tetrazole rings is 1. The fourth-order valence-electron chi connectivity index (χ4n) is 2.42. The zero-order valence-corrected chi connectivity index (χ0v) is 13.1. The van der Waals surface area contributed by atoms with E-state index in [2.05, 4.69) is 53.7 Å². The molecule has 2 aromatic rings. The highest BCUT2D eigenvalue weighted by molar-refractivity contribution is 5.28. The Labute approximate surface area is 125 Å². The molecule has 1 aromatic heterocycles. The van der Waals surface area contributed by atoms with Gasteiger partial charge in [0.15, 0.2) is 5.82 Å². The molecule has 0 aliphatic heterocycles. The van der Waals surface area contributed by atoms with Gasteiger partial charge in [0, 0.05) is 13.7 Å². The summed E-state index contributed by atoms with van der Waals surface area (Å²) >= 11 is 0. The maximum absolute atomic E-state index is 5.05. The van der Waals surface area contributed by atoms with Crippen molar-refractivity contribution in [3.8, 4) is 0 Å². The second-order valence-corrected chi connectivity index (χ2v) is 5.18. The van der Waals surface area contributed by atoms with Crippen LogP contribution in [0.4, 0.5) is 0 Å². The smallest absolute Gasteiger partial charge is 0.168 e. The second kappa shape index (κ2) is 7.28. The fraction of sp³-hybridized carbons (Fsp3) is 0.533. The highest BCUT2D eigenvalue weighted by Crippen LogP contribution is 2.22. The Morgan fingerprint density at radius 2 is 2.05 bits per heavy atom. The average Bonchev–Trinajstić information content (AvgIpc) is 2.96. The standard InChI is InChI=1S/C15H23N5O/c1-11-7-5-6-8-14(11)13(3)20-15(17-18-19-20)12(2)16-9-10-21-4/h5-8,12-13,16H,9-10H2,1-4H3. The first kappa shape index (κ1) is 15.6. The molecule has 0 spiro atoms. The number of aromatic nitrogens is 4. The minimum Gasteiger partial charge on any atom is -0.383 e. The fourth-order valence-corrected chi connectivity index (χ4v) is 2.42. The van der Waals surface area contributed by atoms with E-state index >= 15 is 0 Å². The Hall–Kier alpha value is -1.79. The summed E-state index contributed by atoms with van der Waals surface area (Å²) in [5.74, 6) is 0.835. The predicted molar refractivity (Wildman–Crippen MR) is 81.1 cm³/mol. The number of hydrogen-bond acceptors (Lipinski definition) is 5. The first-order valence-corrected chi connectivity index (χ1v) is 7.20. The van der Waals surface area contributed by atoms with Crippen LogP contribution < -0.4 is 5.32 Å². The van der Waals surface area contributed by atoms with Crippen LogP contribution in [0.15, 0.2) is 24.3 Å². The van der Waals surface area contributed by atoms with Crippen molar-refractivity contribution in [2.24, 2.45) is 0 Å². The molecule has 2 unspecified atom stereocenters. The van der Waals surface area contributed by atoms with Crippen molar-refractivity contribution >= 4 is 0 Å². The molecule has 0 aliphatic carbocycles. The van der Waals surface area contributed by atoms with Crippen LogP contribution in [-0.4, -0.2) is 40.5 Å². The molecule has 0 fully saturated rings. The van der Waals surface area contributed by atoms with Crippen LogP contribution in [0.25, 0.3) is 0 Å². The molecule has 0 bridgehead atoms. The Bertz CT molecular complexity index is 569. The third-order valence-corrected chi connectivity index (χ3v) is 3.67. The van der Waals surface area contributed by atoms with E-state index in [-0.39, 0.29) is 12.1 Å². The van der Waals surface area contributed by atoms with Gasteiger partial charge in [0.25, 0.3) is 0 Å². The number of benzene rings is 1. The summed E-state index contributed by atoms with van der Waals surface area (Å²) in [5, 5.41) is 15.5. The summed E-state index contributed by atoms with van der Waals surface area (Å²) in [4.78, 5) is 0. The van der Waals surface area contributed by atoms with Gasteiger partial charge in [-0.25, -0.2) is 4.68 Å². The van der Waals surface area contributed by atoms with Crippen molar-refractivity contribution in [3.63, 3.8) is 0 Å². The molecule has 21 heavy (non-hydrogen) atoms. The molecule has 0 saturated heterocycles.